The Labute approximate surface area is 98.5 Å². The van der Waals surface area contributed by atoms with Gasteiger partial charge in [0.15, 0.2) is 0 Å². The lowest BCUT2D eigenvalue weighted by atomic mass is 9.86. The number of aliphatic hydroxyl groups excluding tert-OH is 1. The maximum atomic E-state index is 9.68. The highest BCUT2D eigenvalue weighted by molar-refractivity contribution is 5.40. The topological polar surface area (TPSA) is 20.2 Å². The second-order valence-electron chi connectivity index (χ2n) is 6.08. The Morgan fingerprint density at radius 3 is 2.38 bits per heavy atom. The van der Waals surface area contributed by atoms with Gasteiger partial charge in [0, 0.05) is 5.41 Å². The zero-order chi connectivity index (χ0) is 12.0. The lowest BCUT2D eigenvalue weighted by Crippen LogP contribution is -2.19. The van der Waals surface area contributed by atoms with Crippen LogP contribution in [0, 0.1) is 5.41 Å². The molecular weight excluding hydrogens is 196 g/mol. The quantitative estimate of drug-likeness (QED) is 0.823. The van der Waals surface area contributed by atoms with E-state index in [-0.39, 0.29) is 17.4 Å². The van der Waals surface area contributed by atoms with Gasteiger partial charge >= 0.3 is 0 Å². The molecule has 2 rings (SSSR count). The smallest absolute Gasteiger partial charge is 0.0533 e. The van der Waals surface area contributed by atoms with Crippen LogP contribution in [0.2, 0.25) is 0 Å². The molecule has 88 valence electrons. The minimum atomic E-state index is 0.0118. The van der Waals surface area contributed by atoms with Crippen LogP contribution in [0.15, 0.2) is 24.3 Å². The molecule has 0 aromatic heterocycles. The average molecular weight is 218 g/mol. The van der Waals surface area contributed by atoms with Crippen molar-refractivity contribution in [2.75, 3.05) is 6.61 Å². The summed E-state index contributed by atoms with van der Waals surface area (Å²) in [7, 11) is 0. The zero-order valence-electron chi connectivity index (χ0n) is 10.7. The van der Waals surface area contributed by atoms with Crippen LogP contribution < -0.4 is 0 Å². The third-order valence-corrected chi connectivity index (χ3v) is 4.29. The molecule has 1 nitrogen and oxygen atoms in total. The highest BCUT2D eigenvalue weighted by atomic mass is 16.3. The zero-order valence-corrected chi connectivity index (χ0v) is 10.7. The summed E-state index contributed by atoms with van der Waals surface area (Å²) in [6.45, 7) is 9.17. The van der Waals surface area contributed by atoms with Crippen molar-refractivity contribution < 1.29 is 5.11 Å². The molecule has 1 heteroatoms. The first-order chi connectivity index (χ1) is 7.43. The Kier molecular flexibility index (Phi) is 2.62. The first kappa shape index (κ1) is 11.7. The summed E-state index contributed by atoms with van der Waals surface area (Å²) in [5, 5.41) is 9.68. The van der Waals surface area contributed by atoms with Crippen LogP contribution in [0.1, 0.15) is 51.2 Å². The predicted octanol–water partition coefficient (Wildman–Crippen LogP) is 3.47. The van der Waals surface area contributed by atoms with Gasteiger partial charge in [-0.05, 0) is 28.9 Å². The summed E-state index contributed by atoms with van der Waals surface area (Å²) >= 11 is 0. The average Bonchev–Trinajstić information content (AvgIpc) is 2.82. The maximum absolute atomic E-state index is 9.68. The van der Waals surface area contributed by atoms with Crippen LogP contribution in [0.5, 0.6) is 0 Å². The van der Waals surface area contributed by atoms with Gasteiger partial charge in [-0.1, -0.05) is 52.0 Å². The molecule has 16 heavy (non-hydrogen) atoms. The van der Waals surface area contributed by atoms with Gasteiger partial charge < -0.3 is 5.11 Å². The highest BCUT2D eigenvalue weighted by Gasteiger charge is 2.61. The van der Waals surface area contributed by atoms with Crippen LogP contribution in [-0.4, -0.2) is 11.7 Å². The first-order valence-corrected chi connectivity index (χ1v) is 6.14. The van der Waals surface area contributed by atoms with Crippen molar-refractivity contribution in [3.8, 4) is 0 Å². The van der Waals surface area contributed by atoms with Gasteiger partial charge in [-0.3, -0.25) is 0 Å². The van der Waals surface area contributed by atoms with Gasteiger partial charge in [0.2, 0.25) is 0 Å². The summed E-state index contributed by atoms with van der Waals surface area (Å²) in [4.78, 5) is 0. The van der Waals surface area contributed by atoms with Crippen molar-refractivity contribution in [1.82, 2.24) is 0 Å². The lowest BCUT2D eigenvalue weighted by Gasteiger charge is -2.20. The van der Waals surface area contributed by atoms with E-state index in [1.807, 2.05) is 0 Å². The van der Waals surface area contributed by atoms with Gasteiger partial charge in [0.1, 0.15) is 0 Å². The summed E-state index contributed by atoms with van der Waals surface area (Å²) in [6.07, 6.45) is 1.10. The van der Waals surface area contributed by atoms with E-state index in [2.05, 4.69) is 52.0 Å². The van der Waals surface area contributed by atoms with E-state index in [1.165, 1.54) is 11.1 Å². The molecule has 0 aliphatic heterocycles. The van der Waals surface area contributed by atoms with E-state index in [1.54, 1.807) is 0 Å². The molecule has 1 fully saturated rings. The second kappa shape index (κ2) is 3.59. The molecule has 0 amide bonds. The monoisotopic (exact) mass is 218 g/mol. The summed E-state index contributed by atoms with van der Waals surface area (Å²) in [6, 6.07) is 8.73. The third-order valence-electron chi connectivity index (χ3n) is 4.29. The van der Waals surface area contributed by atoms with E-state index in [0.717, 1.165) is 6.42 Å². The SMILES string of the molecule is CC(C)c1cccc(C2(CO)CC2(C)C)c1. The van der Waals surface area contributed by atoms with Crippen molar-refractivity contribution in [1.29, 1.82) is 0 Å². The third kappa shape index (κ3) is 1.58. The number of benzene rings is 1. The van der Waals surface area contributed by atoms with Gasteiger partial charge in [-0.15, -0.1) is 0 Å². The molecule has 1 N–H and O–H groups in total. The fraction of sp³-hybridized carbons (Fsp3) is 0.600. The minimum Gasteiger partial charge on any atom is -0.395 e. The molecule has 0 radical (unpaired) electrons. The summed E-state index contributed by atoms with van der Waals surface area (Å²) in [5.74, 6) is 0.553. The highest BCUT2D eigenvalue weighted by Crippen LogP contribution is 2.64. The molecule has 0 spiro atoms. The van der Waals surface area contributed by atoms with Gasteiger partial charge in [0.25, 0.3) is 0 Å². The van der Waals surface area contributed by atoms with Crippen molar-refractivity contribution in [3.63, 3.8) is 0 Å². The van der Waals surface area contributed by atoms with Crippen LogP contribution in [0.3, 0.4) is 0 Å². The van der Waals surface area contributed by atoms with E-state index in [4.69, 9.17) is 0 Å². The number of rotatable bonds is 3. The fourth-order valence-electron chi connectivity index (χ4n) is 2.76. The maximum Gasteiger partial charge on any atom is 0.0533 e. The number of hydrogen-bond acceptors (Lipinski definition) is 1. The molecule has 1 aromatic rings. The van der Waals surface area contributed by atoms with Gasteiger partial charge in [-0.25, -0.2) is 0 Å². The standard InChI is InChI=1S/C15H22O/c1-11(2)12-6-5-7-13(8-12)15(10-16)9-14(15,3)4/h5-8,11,16H,9-10H2,1-4H3. The van der Waals surface area contributed by atoms with Gasteiger partial charge in [0.05, 0.1) is 6.61 Å². The van der Waals surface area contributed by atoms with Crippen LogP contribution in [0.25, 0.3) is 0 Å². The molecule has 1 unspecified atom stereocenters. The van der Waals surface area contributed by atoms with E-state index < -0.39 is 0 Å². The molecule has 0 saturated heterocycles. The summed E-state index contributed by atoms with van der Waals surface area (Å²) < 4.78 is 0. The van der Waals surface area contributed by atoms with Crippen molar-refractivity contribution in [2.24, 2.45) is 5.41 Å². The minimum absolute atomic E-state index is 0.0118. The molecule has 1 atom stereocenters. The Morgan fingerprint density at radius 2 is 1.94 bits per heavy atom. The Bertz CT molecular complexity index is 392. The van der Waals surface area contributed by atoms with Crippen LogP contribution in [0.4, 0.5) is 0 Å². The lowest BCUT2D eigenvalue weighted by molar-refractivity contribution is 0.231. The largest absolute Gasteiger partial charge is 0.395 e. The van der Waals surface area contributed by atoms with E-state index >= 15 is 0 Å². The fourth-order valence-corrected chi connectivity index (χ4v) is 2.76. The normalized spacial score (nSPS) is 27.1. The molecule has 0 bridgehead atoms. The van der Waals surface area contributed by atoms with E-state index in [0.29, 0.717) is 5.92 Å². The van der Waals surface area contributed by atoms with Crippen molar-refractivity contribution in [2.45, 2.75) is 45.4 Å². The van der Waals surface area contributed by atoms with Crippen LogP contribution in [-0.2, 0) is 5.41 Å². The molecule has 1 aliphatic rings. The molecule has 0 heterocycles. The predicted molar refractivity (Wildman–Crippen MR) is 67.7 cm³/mol. The summed E-state index contributed by atoms with van der Waals surface area (Å²) in [5.41, 5.74) is 2.94. The van der Waals surface area contributed by atoms with Crippen molar-refractivity contribution in [3.05, 3.63) is 35.4 Å². The molecule has 1 aromatic carbocycles. The Hall–Kier alpha value is -0.820. The Balaban J connectivity index is 2.38. The molecular formula is C15H22O. The van der Waals surface area contributed by atoms with Crippen LogP contribution >= 0.6 is 0 Å². The van der Waals surface area contributed by atoms with Gasteiger partial charge in [-0.2, -0.15) is 0 Å². The van der Waals surface area contributed by atoms with E-state index in [9.17, 15) is 5.11 Å². The Morgan fingerprint density at radius 1 is 1.31 bits per heavy atom. The molecule has 1 saturated carbocycles. The second-order valence-corrected chi connectivity index (χ2v) is 6.08. The van der Waals surface area contributed by atoms with Crippen molar-refractivity contribution >= 4 is 0 Å². The first-order valence-electron chi connectivity index (χ1n) is 6.14. The number of hydrogen-bond donors (Lipinski definition) is 1. The number of aliphatic hydroxyl groups is 1. The molecule has 1 aliphatic carbocycles.